The van der Waals surface area contributed by atoms with Crippen molar-refractivity contribution in [3.05, 3.63) is 0 Å². The molecule has 6 heteroatoms. The van der Waals surface area contributed by atoms with Crippen LogP contribution < -0.4 is 5.32 Å². The van der Waals surface area contributed by atoms with Crippen LogP contribution in [-0.4, -0.2) is 63.9 Å². The van der Waals surface area contributed by atoms with E-state index in [0.29, 0.717) is 46.0 Å². The van der Waals surface area contributed by atoms with Crippen LogP contribution in [-0.2, 0) is 14.3 Å². The average molecular weight is 239 g/mol. The van der Waals surface area contributed by atoms with Crippen molar-refractivity contribution in [2.45, 2.75) is 0 Å². The Bertz CT molecular complexity index is 175. The number of methoxy groups -OCH3 is 1. The average Bonchev–Trinajstić information content (AvgIpc) is 2.25. The monoisotopic (exact) mass is 238 g/mol. The van der Waals surface area contributed by atoms with Crippen molar-refractivity contribution in [1.29, 1.82) is 0 Å². The molecular formula is C9H19ClN2O3. The van der Waals surface area contributed by atoms with Crippen LogP contribution in [0.5, 0.6) is 0 Å². The number of carbonyl (C=O) groups excluding carboxylic acids is 1. The molecule has 0 aliphatic carbocycles. The molecule has 1 heterocycles. The highest BCUT2D eigenvalue weighted by molar-refractivity contribution is 5.85. The summed E-state index contributed by atoms with van der Waals surface area (Å²) < 4.78 is 10.0. The van der Waals surface area contributed by atoms with Gasteiger partial charge in [0, 0.05) is 26.7 Å². The van der Waals surface area contributed by atoms with Crippen LogP contribution >= 0.6 is 12.4 Å². The van der Waals surface area contributed by atoms with E-state index in [0.717, 1.165) is 0 Å². The van der Waals surface area contributed by atoms with Gasteiger partial charge in [-0.3, -0.25) is 4.79 Å². The van der Waals surface area contributed by atoms with Gasteiger partial charge in [-0.15, -0.1) is 12.4 Å². The molecule has 0 aromatic carbocycles. The van der Waals surface area contributed by atoms with Gasteiger partial charge in [-0.2, -0.15) is 0 Å². The third-order valence-corrected chi connectivity index (χ3v) is 2.12. The molecule has 0 aromatic rings. The molecule has 1 N–H and O–H groups in total. The van der Waals surface area contributed by atoms with Crippen LogP contribution in [0.3, 0.4) is 0 Å². The molecule has 1 aliphatic rings. The summed E-state index contributed by atoms with van der Waals surface area (Å²) in [6, 6.07) is 0. The van der Waals surface area contributed by atoms with Crippen molar-refractivity contribution in [2.75, 3.05) is 53.1 Å². The minimum Gasteiger partial charge on any atom is -0.383 e. The quantitative estimate of drug-likeness (QED) is 0.657. The summed E-state index contributed by atoms with van der Waals surface area (Å²) in [7, 11) is 1.64. The Hall–Kier alpha value is -0.360. The minimum absolute atomic E-state index is 0. The molecule has 1 rings (SSSR count). The van der Waals surface area contributed by atoms with Gasteiger partial charge in [-0.1, -0.05) is 0 Å². The zero-order valence-corrected chi connectivity index (χ0v) is 9.85. The van der Waals surface area contributed by atoms with Gasteiger partial charge in [-0.25, -0.2) is 0 Å². The highest BCUT2D eigenvalue weighted by Gasteiger charge is 2.15. The van der Waals surface area contributed by atoms with Crippen molar-refractivity contribution >= 4 is 18.3 Å². The van der Waals surface area contributed by atoms with Gasteiger partial charge in [0.05, 0.1) is 26.4 Å². The first-order chi connectivity index (χ1) is 6.84. The van der Waals surface area contributed by atoms with Gasteiger partial charge in [-0.05, 0) is 0 Å². The fourth-order valence-electron chi connectivity index (χ4n) is 1.29. The molecule has 0 saturated carbocycles. The molecule has 1 saturated heterocycles. The Balaban J connectivity index is 0.00000196. The van der Waals surface area contributed by atoms with Crippen LogP contribution in [0.2, 0.25) is 0 Å². The fourth-order valence-corrected chi connectivity index (χ4v) is 1.29. The van der Waals surface area contributed by atoms with Crippen molar-refractivity contribution in [3.8, 4) is 0 Å². The second-order valence-electron chi connectivity index (χ2n) is 3.16. The lowest BCUT2D eigenvalue weighted by molar-refractivity contribution is -0.134. The molecule has 0 spiro atoms. The van der Waals surface area contributed by atoms with Crippen molar-refractivity contribution < 1.29 is 14.3 Å². The van der Waals surface area contributed by atoms with Crippen LogP contribution in [0.15, 0.2) is 0 Å². The van der Waals surface area contributed by atoms with Crippen molar-refractivity contribution in [2.24, 2.45) is 0 Å². The maximum absolute atomic E-state index is 11.5. The van der Waals surface area contributed by atoms with Crippen LogP contribution in [0, 0.1) is 0 Å². The number of amides is 1. The van der Waals surface area contributed by atoms with Gasteiger partial charge < -0.3 is 19.7 Å². The third kappa shape index (κ3) is 5.94. The summed E-state index contributed by atoms with van der Waals surface area (Å²) in [5, 5.41) is 3.03. The lowest BCUT2D eigenvalue weighted by Crippen LogP contribution is -2.45. The predicted molar refractivity (Wildman–Crippen MR) is 59.4 cm³/mol. The zero-order valence-electron chi connectivity index (χ0n) is 9.03. The molecule has 5 nitrogen and oxygen atoms in total. The molecule has 90 valence electrons. The molecule has 0 atom stereocenters. The standard InChI is InChI=1S/C9H18N2O3.ClH/c1-13-5-2-10-8-9(12)11-3-6-14-7-4-11;/h10H,2-8H2,1H3;1H. The van der Waals surface area contributed by atoms with E-state index in [1.54, 1.807) is 7.11 Å². The minimum atomic E-state index is 0. The van der Waals surface area contributed by atoms with E-state index in [1.165, 1.54) is 0 Å². The Morgan fingerprint density at radius 2 is 2.13 bits per heavy atom. The SMILES string of the molecule is COCCNCC(=O)N1CCOCC1.Cl. The Morgan fingerprint density at radius 1 is 1.47 bits per heavy atom. The molecule has 0 bridgehead atoms. The maximum atomic E-state index is 11.5. The summed E-state index contributed by atoms with van der Waals surface area (Å²) in [5.41, 5.74) is 0. The highest BCUT2D eigenvalue weighted by atomic mass is 35.5. The van der Waals surface area contributed by atoms with Gasteiger partial charge >= 0.3 is 0 Å². The molecule has 1 fully saturated rings. The first-order valence-electron chi connectivity index (χ1n) is 4.90. The lowest BCUT2D eigenvalue weighted by atomic mass is 10.4. The number of carbonyl (C=O) groups is 1. The number of hydrogen-bond acceptors (Lipinski definition) is 4. The molecule has 0 radical (unpaired) electrons. The van der Waals surface area contributed by atoms with E-state index < -0.39 is 0 Å². The summed E-state index contributed by atoms with van der Waals surface area (Å²) in [5.74, 6) is 0.143. The lowest BCUT2D eigenvalue weighted by Gasteiger charge is -2.26. The Labute approximate surface area is 96.5 Å². The molecule has 0 aromatic heterocycles. The third-order valence-electron chi connectivity index (χ3n) is 2.12. The summed E-state index contributed by atoms with van der Waals surface area (Å²) in [6.07, 6.45) is 0. The Morgan fingerprint density at radius 3 is 2.73 bits per heavy atom. The summed E-state index contributed by atoms with van der Waals surface area (Å²) >= 11 is 0. The Kier molecular flexibility index (Phi) is 8.70. The van der Waals surface area contributed by atoms with Crippen molar-refractivity contribution in [3.63, 3.8) is 0 Å². The van der Waals surface area contributed by atoms with Gasteiger partial charge in [0.15, 0.2) is 0 Å². The second kappa shape index (κ2) is 8.91. The molecule has 1 aliphatic heterocycles. The number of nitrogens with zero attached hydrogens (tertiary/aromatic N) is 1. The largest absolute Gasteiger partial charge is 0.383 e. The van der Waals surface area contributed by atoms with E-state index >= 15 is 0 Å². The zero-order chi connectivity index (χ0) is 10.2. The highest BCUT2D eigenvalue weighted by Crippen LogP contribution is 1.96. The number of nitrogens with one attached hydrogen (secondary N) is 1. The normalized spacial score (nSPS) is 15.9. The van der Waals surface area contributed by atoms with Crippen molar-refractivity contribution in [1.82, 2.24) is 10.2 Å². The van der Waals surface area contributed by atoms with Gasteiger partial charge in [0.25, 0.3) is 0 Å². The number of halogens is 1. The molecule has 15 heavy (non-hydrogen) atoms. The smallest absolute Gasteiger partial charge is 0.236 e. The predicted octanol–water partition coefficient (Wildman–Crippen LogP) is -0.497. The number of ether oxygens (including phenoxy) is 2. The van der Waals surface area contributed by atoms with Crippen LogP contribution in [0.4, 0.5) is 0 Å². The fraction of sp³-hybridized carbons (Fsp3) is 0.889. The topological polar surface area (TPSA) is 50.8 Å². The number of hydrogen-bond donors (Lipinski definition) is 1. The van der Waals surface area contributed by atoms with Gasteiger partial charge in [0.1, 0.15) is 0 Å². The summed E-state index contributed by atoms with van der Waals surface area (Å²) in [6.45, 7) is 4.48. The number of rotatable bonds is 5. The van der Waals surface area contributed by atoms with E-state index in [2.05, 4.69) is 5.32 Å². The van der Waals surface area contributed by atoms with E-state index in [1.807, 2.05) is 4.90 Å². The first kappa shape index (κ1) is 14.6. The van der Waals surface area contributed by atoms with Crippen LogP contribution in [0.1, 0.15) is 0 Å². The second-order valence-corrected chi connectivity index (χ2v) is 3.16. The molecular weight excluding hydrogens is 220 g/mol. The van der Waals surface area contributed by atoms with Gasteiger partial charge in [0.2, 0.25) is 5.91 Å². The van der Waals surface area contributed by atoms with E-state index in [9.17, 15) is 4.79 Å². The van der Waals surface area contributed by atoms with E-state index in [-0.39, 0.29) is 18.3 Å². The number of morpholine rings is 1. The molecule has 1 amide bonds. The first-order valence-corrected chi connectivity index (χ1v) is 4.90. The van der Waals surface area contributed by atoms with Crippen LogP contribution in [0.25, 0.3) is 0 Å². The van der Waals surface area contributed by atoms with E-state index in [4.69, 9.17) is 9.47 Å². The molecule has 0 unspecified atom stereocenters. The summed E-state index contributed by atoms with van der Waals surface area (Å²) in [4.78, 5) is 13.4. The maximum Gasteiger partial charge on any atom is 0.236 e.